The minimum Gasteiger partial charge on any atom is -0.393 e. The largest absolute Gasteiger partial charge is 0.393 e. The van der Waals surface area contributed by atoms with Crippen molar-refractivity contribution in [3.05, 3.63) is 0 Å². The number of aliphatic hydroxyl groups excluding tert-OH is 1. The van der Waals surface area contributed by atoms with Crippen molar-refractivity contribution in [1.82, 2.24) is 4.90 Å². The van der Waals surface area contributed by atoms with Crippen molar-refractivity contribution in [3.63, 3.8) is 0 Å². The molecule has 0 radical (unpaired) electrons. The highest BCUT2D eigenvalue weighted by molar-refractivity contribution is 4.84. The first-order chi connectivity index (χ1) is 5.75. The van der Waals surface area contributed by atoms with Crippen LogP contribution in [0, 0.1) is 5.92 Å². The fourth-order valence-electron chi connectivity index (χ4n) is 2.19. The molecule has 2 nitrogen and oxygen atoms in total. The summed E-state index contributed by atoms with van der Waals surface area (Å²) in [5, 5.41) is 9.37. The molecule has 0 saturated heterocycles. The van der Waals surface area contributed by atoms with Crippen LogP contribution in [0.5, 0.6) is 0 Å². The number of hydrogen-bond acceptors (Lipinski definition) is 2. The Balaban J connectivity index is 1.74. The predicted molar refractivity (Wildman–Crippen MR) is 49.0 cm³/mol. The van der Waals surface area contributed by atoms with E-state index in [1.54, 1.807) is 0 Å². The van der Waals surface area contributed by atoms with Crippen molar-refractivity contribution in [1.29, 1.82) is 0 Å². The molecule has 2 atom stereocenters. The summed E-state index contributed by atoms with van der Waals surface area (Å²) in [4.78, 5) is 2.45. The topological polar surface area (TPSA) is 23.5 Å². The van der Waals surface area contributed by atoms with E-state index < -0.39 is 0 Å². The van der Waals surface area contributed by atoms with Crippen molar-refractivity contribution in [2.45, 2.75) is 44.2 Å². The molecular formula is C10H19NO. The molecule has 0 bridgehead atoms. The second-order valence-corrected chi connectivity index (χ2v) is 4.50. The second-order valence-electron chi connectivity index (χ2n) is 4.50. The van der Waals surface area contributed by atoms with Crippen molar-refractivity contribution >= 4 is 0 Å². The van der Waals surface area contributed by atoms with E-state index in [1.807, 2.05) is 0 Å². The lowest BCUT2D eigenvalue weighted by atomic mass is 10.2. The van der Waals surface area contributed by atoms with Crippen LogP contribution in [0.1, 0.15) is 32.1 Å². The maximum atomic E-state index is 9.37. The van der Waals surface area contributed by atoms with E-state index in [2.05, 4.69) is 11.9 Å². The van der Waals surface area contributed by atoms with Crippen molar-refractivity contribution in [3.8, 4) is 0 Å². The maximum Gasteiger partial charge on any atom is 0.0555 e. The number of nitrogens with zero attached hydrogens (tertiary/aromatic N) is 1. The molecule has 0 spiro atoms. The normalized spacial score (nSPS) is 36.2. The van der Waals surface area contributed by atoms with Crippen LogP contribution in [-0.2, 0) is 0 Å². The van der Waals surface area contributed by atoms with Crippen LogP contribution in [0.3, 0.4) is 0 Å². The molecule has 2 fully saturated rings. The summed E-state index contributed by atoms with van der Waals surface area (Å²) in [6, 6.07) is 0.667. The van der Waals surface area contributed by atoms with Gasteiger partial charge in [0, 0.05) is 12.6 Å². The monoisotopic (exact) mass is 169 g/mol. The molecule has 0 aromatic carbocycles. The third kappa shape index (κ3) is 1.99. The van der Waals surface area contributed by atoms with Gasteiger partial charge in [-0.25, -0.2) is 0 Å². The van der Waals surface area contributed by atoms with E-state index in [0.717, 1.165) is 18.8 Å². The maximum absolute atomic E-state index is 9.37. The summed E-state index contributed by atoms with van der Waals surface area (Å²) < 4.78 is 0. The summed E-state index contributed by atoms with van der Waals surface area (Å²) in [6.45, 7) is 1.26. The van der Waals surface area contributed by atoms with E-state index in [-0.39, 0.29) is 6.10 Å². The van der Waals surface area contributed by atoms with Crippen LogP contribution < -0.4 is 0 Å². The van der Waals surface area contributed by atoms with Gasteiger partial charge < -0.3 is 10.0 Å². The Hall–Kier alpha value is -0.0800. The van der Waals surface area contributed by atoms with Gasteiger partial charge in [-0.2, -0.15) is 0 Å². The zero-order chi connectivity index (χ0) is 8.55. The first kappa shape index (κ1) is 8.52. The molecule has 2 heteroatoms. The molecule has 1 N–H and O–H groups in total. The molecule has 0 aromatic heterocycles. The Morgan fingerprint density at radius 1 is 1.25 bits per heavy atom. The standard InChI is InChI=1S/C10H19NO/c1-11(7-8-2-3-8)9-4-5-10(12)6-9/h8-10,12H,2-7H2,1H3. The van der Waals surface area contributed by atoms with Crippen molar-refractivity contribution in [2.24, 2.45) is 5.92 Å². The van der Waals surface area contributed by atoms with Crippen LogP contribution in [0.2, 0.25) is 0 Å². The first-order valence-corrected chi connectivity index (χ1v) is 5.14. The molecule has 0 heterocycles. The van der Waals surface area contributed by atoms with Crippen LogP contribution in [0.4, 0.5) is 0 Å². The molecule has 70 valence electrons. The van der Waals surface area contributed by atoms with Crippen LogP contribution in [-0.4, -0.2) is 35.7 Å². The van der Waals surface area contributed by atoms with Gasteiger partial charge in [-0.05, 0) is 45.1 Å². The Morgan fingerprint density at radius 2 is 2.00 bits per heavy atom. The number of aliphatic hydroxyl groups is 1. The minimum absolute atomic E-state index is 0.0170. The van der Waals surface area contributed by atoms with Crippen LogP contribution in [0.25, 0.3) is 0 Å². The summed E-state index contributed by atoms with van der Waals surface area (Å²) in [5.41, 5.74) is 0. The molecule has 0 amide bonds. The van der Waals surface area contributed by atoms with Gasteiger partial charge in [-0.3, -0.25) is 0 Å². The van der Waals surface area contributed by atoms with Gasteiger partial charge in [0.1, 0.15) is 0 Å². The van der Waals surface area contributed by atoms with Crippen molar-refractivity contribution in [2.75, 3.05) is 13.6 Å². The van der Waals surface area contributed by atoms with Crippen LogP contribution >= 0.6 is 0 Å². The minimum atomic E-state index is -0.0170. The second kappa shape index (κ2) is 3.35. The van der Waals surface area contributed by atoms with E-state index in [0.29, 0.717) is 6.04 Å². The molecule has 2 aliphatic carbocycles. The molecule has 0 aromatic rings. The Labute approximate surface area is 74.6 Å². The third-order valence-electron chi connectivity index (χ3n) is 3.24. The smallest absolute Gasteiger partial charge is 0.0555 e. The van der Waals surface area contributed by atoms with E-state index in [1.165, 1.54) is 25.8 Å². The van der Waals surface area contributed by atoms with Gasteiger partial charge in [0.25, 0.3) is 0 Å². The number of hydrogen-bond donors (Lipinski definition) is 1. The summed E-state index contributed by atoms with van der Waals surface area (Å²) in [7, 11) is 2.21. The molecule has 2 aliphatic rings. The molecule has 2 unspecified atom stereocenters. The molecule has 12 heavy (non-hydrogen) atoms. The highest BCUT2D eigenvalue weighted by Crippen LogP contribution is 2.32. The van der Waals surface area contributed by atoms with Gasteiger partial charge in [0.05, 0.1) is 6.10 Å². The van der Waals surface area contributed by atoms with E-state index >= 15 is 0 Å². The molecular weight excluding hydrogens is 150 g/mol. The zero-order valence-electron chi connectivity index (χ0n) is 7.87. The first-order valence-electron chi connectivity index (χ1n) is 5.14. The average molecular weight is 169 g/mol. The lowest BCUT2D eigenvalue weighted by Crippen LogP contribution is -2.31. The Kier molecular flexibility index (Phi) is 2.37. The third-order valence-corrected chi connectivity index (χ3v) is 3.24. The van der Waals surface area contributed by atoms with Crippen LogP contribution in [0.15, 0.2) is 0 Å². The predicted octanol–water partition coefficient (Wildman–Crippen LogP) is 1.24. The summed E-state index contributed by atoms with van der Waals surface area (Å²) in [6.07, 6.45) is 6.06. The van der Waals surface area contributed by atoms with Gasteiger partial charge in [0.15, 0.2) is 0 Å². The molecule has 2 saturated carbocycles. The fraction of sp³-hybridized carbons (Fsp3) is 1.00. The molecule has 2 rings (SSSR count). The van der Waals surface area contributed by atoms with E-state index in [9.17, 15) is 5.11 Å². The SMILES string of the molecule is CN(CC1CC1)C1CCC(O)C1. The van der Waals surface area contributed by atoms with Gasteiger partial charge in [0.2, 0.25) is 0 Å². The zero-order valence-corrected chi connectivity index (χ0v) is 7.87. The van der Waals surface area contributed by atoms with Gasteiger partial charge in [-0.1, -0.05) is 0 Å². The summed E-state index contributed by atoms with van der Waals surface area (Å²) in [5.74, 6) is 0.979. The quantitative estimate of drug-likeness (QED) is 0.687. The highest BCUT2D eigenvalue weighted by Gasteiger charge is 2.30. The highest BCUT2D eigenvalue weighted by atomic mass is 16.3. The van der Waals surface area contributed by atoms with Crippen molar-refractivity contribution < 1.29 is 5.11 Å². The van der Waals surface area contributed by atoms with Gasteiger partial charge >= 0.3 is 0 Å². The Morgan fingerprint density at radius 3 is 2.50 bits per heavy atom. The fourth-order valence-corrected chi connectivity index (χ4v) is 2.19. The lowest BCUT2D eigenvalue weighted by Gasteiger charge is -2.23. The van der Waals surface area contributed by atoms with Gasteiger partial charge in [-0.15, -0.1) is 0 Å². The lowest BCUT2D eigenvalue weighted by molar-refractivity contribution is 0.161. The summed E-state index contributed by atoms with van der Waals surface area (Å²) >= 11 is 0. The number of rotatable bonds is 3. The molecule has 0 aliphatic heterocycles. The average Bonchev–Trinajstić information content (AvgIpc) is 2.72. The van der Waals surface area contributed by atoms with E-state index in [4.69, 9.17) is 0 Å². The Bertz CT molecular complexity index is 156.